The molecule has 1 amide bonds. The first-order valence-electron chi connectivity index (χ1n) is 10.8. The van der Waals surface area contributed by atoms with Gasteiger partial charge in [0.05, 0.1) is 12.7 Å². The third-order valence-corrected chi connectivity index (χ3v) is 6.07. The van der Waals surface area contributed by atoms with Crippen molar-refractivity contribution < 1.29 is 14.3 Å². The van der Waals surface area contributed by atoms with E-state index in [1.54, 1.807) is 0 Å². The molecule has 166 valence electrons. The maximum atomic E-state index is 12.0. The van der Waals surface area contributed by atoms with Crippen molar-refractivity contribution in [3.05, 3.63) is 35.4 Å². The van der Waals surface area contributed by atoms with Gasteiger partial charge in [-0.15, -0.1) is 24.0 Å². The third-order valence-electron chi connectivity index (χ3n) is 6.07. The number of hydrogen-bond acceptors (Lipinski definition) is 4. The topological polar surface area (TPSA) is 66.4 Å². The van der Waals surface area contributed by atoms with Crippen molar-refractivity contribution in [2.24, 2.45) is 4.99 Å². The molecule has 0 bridgehead atoms. The number of guanidine groups is 1. The van der Waals surface area contributed by atoms with E-state index in [4.69, 9.17) is 9.47 Å². The van der Waals surface area contributed by atoms with Crippen LogP contribution in [0.1, 0.15) is 36.8 Å². The lowest BCUT2D eigenvalue weighted by molar-refractivity contribution is -0.128. The maximum absolute atomic E-state index is 12.0. The van der Waals surface area contributed by atoms with E-state index in [-0.39, 0.29) is 42.1 Å². The number of amides is 1. The number of halogens is 1. The Balaban J connectivity index is 0.00000256. The highest BCUT2D eigenvalue weighted by Gasteiger charge is 2.32. The van der Waals surface area contributed by atoms with Crippen molar-refractivity contribution in [2.75, 3.05) is 39.9 Å². The number of hydrogen-bond donors (Lipinski definition) is 1. The van der Waals surface area contributed by atoms with Crippen molar-refractivity contribution in [1.82, 2.24) is 15.1 Å². The second-order valence-corrected chi connectivity index (χ2v) is 8.00. The Hall–Kier alpha value is -1.39. The lowest BCUT2D eigenvalue weighted by Crippen LogP contribution is -2.53. The highest BCUT2D eigenvalue weighted by atomic mass is 127. The molecule has 2 atom stereocenters. The summed E-state index contributed by atoms with van der Waals surface area (Å²) in [5.74, 6) is 1.15. The molecule has 8 heteroatoms. The van der Waals surface area contributed by atoms with Crippen molar-refractivity contribution in [3.8, 4) is 0 Å². The molecule has 3 heterocycles. The molecular formula is C22H33IN4O3. The summed E-state index contributed by atoms with van der Waals surface area (Å²) in [5.41, 5.74) is 2.40. The first-order valence-corrected chi connectivity index (χ1v) is 10.8. The van der Waals surface area contributed by atoms with Gasteiger partial charge >= 0.3 is 0 Å². The third kappa shape index (κ3) is 5.64. The number of nitrogens with zero attached hydrogens (tertiary/aromatic N) is 3. The summed E-state index contributed by atoms with van der Waals surface area (Å²) in [6.07, 6.45) is 4.15. The van der Waals surface area contributed by atoms with E-state index >= 15 is 0 Å². The van der Waals surface area contributed by atoms with Gasteiger partial charge in [0.2, 0.25) is 5.91 Å². The van der Waals surface area contributed by atoms with Crippen molar-refractivity contribution in [2.45, 2.75) is 51.0 Å². The van der Waals surface area contributed by atoms with E-state index in [9.17, 15) is 4.79 Å². The minimum Gasteiger partial charge on any atom is -0.375 e. The van der Waals surface area contributed by atoms with Crippen molar-refractivity contribution >= 4 is 35.8 Å². The largest absolute Gasteiger partial charge is 0.375 e. The van der Waals surface area contributed by atoms with E-state index in [1.807, 2.05) is 18.0 Å². The second kappa shape index (κ2) is 11.3. The summed E-state index contributed by atoms with van der Waals surface area (Å²) < 4.78 is 11.8. The average Bonchev–Trinajstić information content (AvgIpc) is 3.42. The zero-order valence-electron chi connectivity index (χ0n) is 17.7. The highest BCUT2D eigenvalue weighted by molar-refractivity contribution is 14.0. The fourth-order valence-corrected chi connectivity index (χ4v) is 4.46. The zero-order valence-corrected chi connectivity index (χ0v) is 20.0. The first kappa shape index (κ1) is 23.3. The number of rotatable bonds is 5. The average molecular weight is 528 g/mol. The fourth-order valence-electron chi connectivity index (χ4n) is 4.46. The Morgan fingerprint density at radius 1 is 1.13 bits per heavy atom. The molecule has 3 aliphatic heterocycles. The van der Waals surface area contributed by atoms with Crippen LogP contribution in [0.5, 0.6) is 0 Å². The van der Waals surface area contributed by atoms with E-state index in [0.29, 0.717) is 26.1 Å². The molecule has 7 nitrogen and oxygen atoms in total. The van der Waals surface area contributed by atoms with Gasteiger partial charge in [-0.2, -0.15) is 0 Å². The number of aliphatic imine (C=N–C) groups is 1. The molecule has 1 aromatic carbocycles. The molecule has 30 heavy (non-hydrogen) atoms. The van der Waals surface area contributed by atoms with Gasteiger partial charge in [0.25, 0.3) is 0 Å². The molecule has 0 saturated carbocycles. The van der Waals surface area contributed by atoms with Crippen LogP contribution in [-0.4, -0.2) is 73.8 Å². The van der Waals surface area contributed by atoms with Crippen molar-refractivity contribution in [3.63, 3.8) is 0 Å². The summed E-state index contributed by atoms with van der Waals surface area (Å²) in [4.78, 5) is 20.7. The number of benzene rings is 1. The summed E-state index contributed by atoms with van der Waals surface area (Å²) in [5, 5.41) is 3.52. The van der Waals surface area contributed by atoms with Gasteiger partial charge in [-0.3, -0.25) is 9.79 Å². The Bertz CT molecular complexity index is 739. The predicted molar refractivity (Wildman–Crippen MR) is 127 cm³/mol. The molecule has 0 aliphatic carbocycles. The second-order valence-electron chi connectivity index (χ2n) is 8.00. The quantitative estimate of drug-likeness (QED) is 0.361. The SMILES string of the molecule is CN=C(NCc1ccccc1CN1CCCC1=O)N1CCOC(C2CCCO2)C1.I. The first-order chi connectivity index (χ1) is 14.2. The van der Waals surface area contributed by atoms with E-state index < -0.39 is 0 Å². The standard InChI is InChI=1S/C22H32N4O3.HI/c1-23-22(26-11-13-29-20(16-26)19-8-5-12-28-19)24-14-17-6-2-3-7-18(17)15-25-10-4-9-21(25)27;/h2-3,6-7,19-20H,4-5,8-16H2,1H3,(H,23,24);1H. The van der Waals surface area contributed by atoms with Gasteiger partial charge in [0.15, 0.2) is 5.96 Å². The molecule has 0 aromatic heterocycles. The van der Waals surface area contributed by atoms with Crippen LogP contribution < -0.4 is 5.32 Å². The van der Waals surface area contributed by atoms with Crippen LogP contribution in [0.2, 0.25) is 0 Å². The van der Waals surface area contributed by atoms with Crippen LogP contribution in [0.15, 0.2) is 29.3 Å². The Kier molecular flexibility index (Phi) is 8.76. The minimum absolute atomic E-state index is 0. The number of likely N-dealkylation sites (tertiary alicyclic amines) is 1. The van der Waals surface area contributed by atoms with Gasteiger partial charge in [0, 0.05) is 52.8 Å². The van der Waals surface area contributed by atoms with Gasteiger partial charge in [0.1, 0.15) is 6.10 Å². The Morgan fingerprint density at radius 2 is 1.93 bits per heavy atom. The number of nitrogens with one attached hydrogen (secondary N) is 1. The van der Waals surface area contributed by atoms with Crippen LogP contribution in [0.4, 0.5) is 0 Å². The molecular weight excluding hydrogens is 495 g/mol. The van der Waals surface area contributed by atoms with Gasteiger partial charge < -0.3 is 24.6 Å². The number of carbonyl (C=O) groups excluding carboxylic acids is 1. The minimum atomic E-state index is 0. The van der Waals surface area contributed by atoms with Crippen LogP contribution in [0.25, 0.3) is 0 Å². The predicted octanol–water partition coefficient (Wildman–Crippen LogP) is 2.38. The molecule has 4 rings (SSSR count). The molecule has 0 spiro atoms. The molecule has 3 fully saturated rings. The van der Waals surface area contributed by atoms with E-state index in [1.165, 1.54) is 11.1 Å². The Morgan fingerprint density at radius 3 is 2.63 bits per heavy atom. The monoisotopic (exact) mass is 528 g/mol. The summed E-state index contributed by atoms with van der Waals surface area (Å²) >= 11 is 0. The number of ether oxygens (including phenoxy) is 2. The summed E-state index contributed by atoms with van der Waals surface area (Å²) in [6.45, 7) is 5.40. The fraction of sp³-hybridized carbons (Fsp3) is 0.636. The van der Waals surface area contributed by atoms with Crippen LogP contribution in [0.3, 0.4) is 0 Å². The van der Waals surface area contributed by atoms with E-state index in [0.717, 1.165) is 51.5 Å². The molecule has 1 N–H and O–H groups in total. The van der Waals surface area contributed by atoms with Gasteiger partial charge in [-0.1, -0.05) is 24.3 Å². The van der Waals surface area contributed by atoms with Crippen LogP contribution >= 0.6 is 24.0 Å². The van der Waals surface area contributed by atoms with Crippen LogP contribution in [0, 0.1) is 0 Å². The highest BCUT2D eigenvalue weighted by Crippen LogP contribution is 2.21. The lowest BCUT2D eigenvalue weighted by Gasteiger charge is -2.37. The maximum Gasteiger partial charge on any atom is 0.222 e. The van der Waals surface area contributed by atoms with E-state index in [2.05, 4.69) is 33.4 Å². The zero-order chi connectivity index (χ0) is 20.1. The molecule has 2 unspecified atom stereocenters. The normalized spacial score (nSPS) is 24.8. The smallest absolute Gasteiger partial charge is 0.222 e. The molecule has 1 aromatic rings. The Labute approximate surface area is 196 Å². The van der Waals surface area contributed by atoms with Gasteiger partial charge in [-0.05, 0) is 30.4 Å². The molecule has 3 saturated heterocycles. The molecule has 0 radical (unpaired) electrons. The van der Waals surface area contributed by atoms with Crippen LogP contribution in [-0.2, 0) is 27.4 Å². The van der Waals surface area contributed by atoms with Crippen molar-refractivity contribution in [1.29, 1.82) is 0 Å². The number of carbonyl (C=O) groups is 1. The van der Waals surface area contributed by atoms with Gasteiger partial charge in [-0.25, -0.2) is 0 Å². The summed E-state index contributed by atoms with van der Waals surface area (Å²) in [7, 11) is 1.83. The number of morpholine rings is 1. The summed E-state index contributed by atoms with van der Waals surface area (Å²) in [6, 6.07) is 8.35. The molecule has 3 aliphatic rings. The lowest BCUT2D eigenvalue weighted by atomic mass is 10.1.